The lowest BCUT2D eigenvalue weighted by atomic mass is 9.89. The number of aliphatic hydroxyl groups is 1. The summed E-state index contributed by atoms with van der Waals surface area (Å²) in [6.45, 7) is 12.6. The predicted molar refractivity (Wildman–Crippen MR) is 115 cm³/mol. The SMILES string of the molecule is CC(=O)O[C@@H]1/C(C)=C\CC/C(C)=C\[C@H](O)C/C(C)=C\C=C(/C(C)C)[C@H]1OC(C)=O. The molecule has 1 rings (SSSR count). The lowest BCUT2D eigenvalue weighted by Gasteiger charge is -2.31. The molecule has 0 aliphatic heterocycles. The molecule has 3 atom stereocenters. The number of carbonyl (C=O) groups excluding carboxylic acids is 2. The van der Waals surface area contributed by atoms with E-state index in [1.807, 2.05) is 58.9 Å². The van der Waals surface area contributed by atoms with E-state index in [0.717, 1.165) is 35.1 Å². The fourth-order valence-electron chi connectivity index (χ4n) is 3.42. The predicted octanol–water partition coefficient (Wildman–Crippen LogP) is 4.82. The van der Waals surface area contributed by atoms with E-state index in [0.29, 0.717) is 6.42 Å². The molecule has 0 saturated heterocycles. The third-order valence-electron chi connectivity index (χ3n) is 4.88. The topological polar surface area (TPSA) is 72.8 Å². The molecule has 0 bridgehead atoms. The number of rotatable bonds is 3. The first kappa shape index (κ1) is 24.9. The number of esters is 2. The van der Waals surface area contributed by atoms with Crippen LogP contribution in [0.4, 0.5) is 0 Å². The van der Waals surface area contributed by atoms with E-state index < -0.39 is 30.3 Å². The molecule has 0 fully saturated rings. The van der Waals surface area contributed by atoms with Gasteiger partial charge in [0, 0.05) is 13.8 Å². The van der Waals surface area contributed by atoms with Crippen LogP contribution >= 0.6 is 0 Å². The van der Waals surface area contributed by atoms with E-state index in [4.69, 9.17) is 9.47 Å². The quantitative estimate of drug-likeness (QED) is 0.539. The molecular formula is C24H36O5. The van der Waals surface area contributed by atoms with Crippen LogP contribution in [0.1, 0.15) is 67.7 Å². The van der Waals surface area contributed by atoms with Gasteiger partial charge in [-0.3, -0.25) is 9.59 Å². The van der Waals surface area contributed by atoms with Crippen molar-refractivity contribution >= 4 is 11.9 Å². The van der Waals surface area contributed by atoms with Gasteiger partial charge in [-0.05, 0) is 57.1 Å². The van der Waals surface area contributed by atoms with Crippen LogP contribution in [0.15, 0.2) is 46.6 Å². The zero-order valence-electron chi connectivity index (χ0n) is 18.8. The Hall–Kier alpha value is -2.14. The maximum absolute atomic E-state index is 11.9. The summed E-state index contributed by atoms with van der Waals surface area (Å²) in [7, 11) is 0. The average Bonchev–Trinajstić information content (AvgIpc) is 2.56. The van der Waals surface area contributed by atoms with Gasteiger partial charge in [0.15, 0.2) is 12.2 Å². The molecular weight excluding hydrogens is 368 g/mol. The monoisotopic (exact) mass is 404 g/mol. The van der Waals surface area contributed by atoms with Gasteiger partial charge in [0.05, 0.1) is 6.10 Å². The van der Waals surface area contributed by atoms with Gasteiger partial charge in [-0.1, -0.05) is 49.3 Å². The molecule has 0 aromatic rings. The second kappa shape index (κ2) is 11.8. The summed E-state index contributed by atoms with van der Waals surface area (Å²) in [5, 5.41) is 10.3. The van der Waals surface area contributed by atoms with Crippen molar-refractivity contribution in [3.63, 3.8) is 0 Å². The van der Waals surface area contributed by atoms with Crippen LogP contribution < -0.4 is 0 Å². The zero-order chi connectivity index (χ0) is 22.1. The van der Waals surface area contributed by atoms with Crippen LogP contribution in [-0.4, -0.2) is 35.4 Å². The Kier molecular flexibility index (Phi) is 10.1. The van der Waals surface area contributed by atoms with Gasteiger partial charge < -0.3 is 14.6 Å². The second-order valence-electron chi connectivity index (χ2n) is 8.17. The highest BCUT2D eigenvalue weighted by Crippen LogP contribution is 2.28. The molecule has 0 spiro atoms. The lowest BCUT2D eigenvalue weighted by Crippen LogP contribution is -2.38. The third kappa shape index (κ3) is 8.82. The van der Waals surface area contributed by atoms with Gasteiger partial charge in [-0.2, -0.15) is 0 Å². The van der Waals surface area contributed by atoms with Crippen molar-refractivity contribution in [2.75, 3.05) is 0 Å². The molecule has 0 aromatic heterocycles. The van der Waals surface area contributed by atoms with E-state index >= 15 is 0 Å². The molecule has 0 saturated carbocycles. The van der Waals surface area contributed by atoms with Crippen molar-refractivity contribution < 1.29 is 24.2 Å². The summed E-state index contributed by atoms with van der Waals surface area (Å²) >= 11 is 0. The summed E-state index contributed by atoms with van der Waals surface area (Å²) in [6.07, 6.45) is 7.89. The number of aliphatic hydroxyl groups excluding tert-OH is 1. The van der Waals surface area contributed by atoms with Crippen molar-refractivity contribution in [3.05, 3.63) is 46.6 Å². The lowest BCUT2D eigenvalue weighted by molar-refractivity contribution is -0.160. The van der Waals surface area contributed by atoms with Crippen LogP contribution in [0.25, 0.3) is 0 Å². The van der Waals surface area contributed by atoms with Crippen LogP contribution in [0.2, 0.25) is 0 Å². The van der Waals surface area contributed by atoms with Gasteiger partial charge in [0.2, 0.25) is 0 Å². The summed E-state index contributed by atoms with van der Waals surface area (Å²) in [5.74, 6) is -0.785. The number of allylic oxidation sites excluding steroid dienone is 4. The van der Waals surface area contributed by atoms with Crippen molar-refractivity contribution in [1.82, 2.24) is 0 Å². The maximum Gasteiger partial charge on any atom is 0.303 e. The minimum Gasteiger partial charge on any atom is -0.454 e. The highest BCUT2D eigenvalue weighted by Gasteiger charge is 2.33. The van der Waals surface area contributed by atoms with Gasteiger partial charge in [-0.25, -0.2) is 0 Å². The third-order valence-corrected chi connectivity index (χ3v) is 4.88. The second-order valence-corrected chi connectivity index (χ2v) is 8.17. The summed E-state index contributed by atoms with van der Waals surface area (Å²) in [5.41, 5.74) is 3.81. The molecule has 0 amide bonds. The normalized spacial score (nSPS) is 31.7. The van der Waals surface area contributed by atoms with Crippen LogP contribution in [0.5, 0.6) is 0 Å². The largest absolute Gasteiger partial charge is 0.454 e. The highest BCUT2D eigenvalue weighted by molar-refractivity contribution is 5.68. The molecule has 5 nitrogen and oxygen atoms in total. The van der Waals surface area contributed by atoms with Gasteiger partial charge in [-0.15, -0.1) is 0 Å². The first-order valence-electron chi connectivity index (χ1n) is 10.2. The summed E-state index contributed by atoms with van der Waals surface area (Å²) < 4.78 is 11.3. The van der Waals surface area contributed by atoms with E-state index in [9.17, 15) is 14.7 Å². The van der Waals surface area contributed by atoms with Crippen molar-refractivity contribution in [3.8, 4) is 0 Å². The number of hydrogen-bond donors (Lipinski definition) is 1. The smallest absolute Gasteiger partial charge is 0.303 e. The molecule has 0 heterocycles. The Balaban J connectivity index is 3.56. The van der Waals surface area contributed by atoms with E-state index in [1.165, 1.54) is 13.8 Å². The van der Waals surface area contributed by atoms with Crippen molar-refractivity contribution in [2.45, 2.75) is 86.0 Å². The molecule has 1 aliphatic rings. The minimum atomic E-state index is -0.707. The molecule has 0 aromatic carbocycles. The molecule has 29 heavy (non-hydrogen) atoms. The summed E-state index contributed by atoms with van der Waals surface area (Å²) in [4.78, 5) is 23.7. The average molecular weight is 405 g/mol. The first-order valence-corrected chi connectivity index (χ1v) is 10.2. The van der Waals surface area contributed by atoms with E-state index in [2.05, 4.69) is 0 Å². The number of hydrogen-bond acceptors (Lipinski definition) is 5. The molecule has 162 valence electrons. The van der Waals surface area contributed by atoms with Crippen LogP contribution in [0, 0.1) is 5.92 Å². The highest BCUT2D eigenvalue weighted by atomic mass is 16.6. The van der Waals surface area contributed by atoms with E-state index in [-0.39, 0.29) is 5.92 Å². The van der Waals surface area contributed by atoms with Crippen LogP contribution in [0.3, 0.4) is 0 Å². The Morgan fingerprint density at radius 1 is 1.00 bits per heavy atom. The fourth-order valence-corrected chi connectivity index (χ4v) is 3.42. The first-order chi connectivity index (χ1) is 13.5. The Bertz CT molecular complexity index is 709. The molecule has 0 unspecified atom stereocenters. The standard InChI is InChI=1S/C24H36O5/c1-15(2)22-12-11-17(4)14-21(27)13-16(3)9-8-10-18(5)23(28-19(6)25)24(22)29-20(7)26/h10-13,15,21,23-24,27H,8-9,14H2,1-7H3/b16-13-,17-11-,18-10-,22-12+/t21-,23+,24+/m0/s1. The van der Waals surface area contributed by atoms with Crippen molar-refractivity contribution in [1.29, 1.82) is 0 Å². The van der Waals surface area contributed by atoms with E-state index in [1.54, 1.807) is 0 Å². The Morgan fingerprint density at radius 3 is 2.14 bits per heavy atom. The molecule has 1 N–H and O–H groups in total. The fraction of sp³-hybridized carbons (Fsp3) is 0.583. The number of ether oxygens (including phenoxy) is 2. The van der Waals surface area contributed by atoms with Gasteiger partial charge in [0.25, 0.3) is 0 Å². The minimum absolute atomic E-state index is 0.0641. The molecule has 0 radical (unpaired) electrons. The molecule has 1 aliphatic carbocycles. The Labute approximate surface area is 175 Å². The maximum atomic E-state index is 11.9. The van der Waals surface area contributed by atoms with Gasteiger partial charge >= 0.3 is 11.9 Å². The molecule has 5 heteroatoms. The van der Waals surface area contributed by atoms with Gasteiger partial charge in [0.1, 0.15) is 0 Å². The summed E-state index contributed by atoms with van der Waals surface area (Å²) in [6, 6.07) is 0. The zero-order valence-corrected chi connectivity index (χ0v) is 18.8. The Morgan fingerprint density at radius 2 is 1.59 bits per heavy atom. The van der Waals surface area contributed by atoms with Crippen LogP contribution in [-0.2, 0) is 19.1 Å². The number of carbonyl (C=O) groups is 2. The van der Waals surface area contributed by atoms with Crippen molar-refractivity contribution in [2.24, 2.45) is 5.92 Å².